The Balaban J connectivity index is 1.99. The third kappa shape index (κ3) is 4.87. The molecule has 0 aliphatic carbocycles. The van der Waals surface area contributed by atoms with E-state index in [0.29, 0.717) is 12.0 Å². The molecule has 1 aromatic heterocycles. The number of carboxylic acids is 1. The number of carboxylic acid groups (broad SMARTS) is 1. The number of hydrogen-bond acceptors (Lipinski definition) is 4. The highest BCUT2D eigenvalue weighted by atomic mass is 32.2. The lowest BCUT2D eigenvalue weighted by molar-refractivity contribution is -0.136. The maximum Gasteiger partial charge on any atom is 0.307 e. The number of hydrogen-bond donors (Lipinski definition) is 2. The number of aliphatic carboxylic acids is 1. The fraction of sp³-hybridized carbons (Fsp3) is 0.250. The van der Waals surface area contributed by atoms with Gasteiger partial charge in [-0.2, -0.15) is 0 Å². The molecular formula is C16H18N2O4S. The van der Waals surface area contributed by atoms with E-state index in [1.807, 2.05) is 13.0 Å². The molecule has 0 amide bonds. The second-order valence-electron chi connectivity index (χ2n) is 5.16. The Morgan fingerprint density at radius 3 is 2.52 bits per heavy atom. The van der Waals surface area contributed by atoms with Crippen molar-refractivity contribution in [3.63, 3.8) is 0 Å². The Kier molecular flexibility index (Phi) is 5.46. The van der Waals surface area contributed by atoms with E-state index in [1.165, 1.54) is 24.3 Å². The van der Waals surface area contributed by atoms with Crippen LogP contribution < -0.4 is 4.72 Å². The molecular weight excluding hydrogens is 316 g/mol. The zero-order valence-electron chi connectivity index (χ0n) is 12.7. The first kappa shape index (κ1) is 17.1. The topological polar surface area (TPSA) is 96.4 Å². The van der Waals surface area contributed by atoms with Crippen LogP contribution in [0.5, 0.6) is 0 Å². The molecule has 2 N–H and O–H groups in total. The van der Waals surface area contributed by atoms with E-state index in [9.17, 15) is 13.2 Å². The molecule has 0 aliphatic heterocycles. The zero-order valence-corrected chi connectivity index (χ0v) is 13.5. The maximum absolute atomic E-state index is 12.2. The number of benzene rings is 1. The minimum Gasteiger partial charge on any atom is -0.481 e. The van der Waals surface area contributed by atoms with Crippen LogP contribution >= 0.6 is 0 Å². The van der Waals surface area contributed by atoms with Crippen molar-refractivity contribution in [2.75, 3.05) is 6.54 Å². The van der Waals surface area contributed by atoms with Gasteiger partial charge in [-0.05, 0) is 48.2 Å². The average Bonchev–Trinajstić information content (AvgIpc) is 2.49. The van der Waals surface area contributed by atoms with Gasteiger partial charge in [0.15, 0.2) is 0 Å². The SMILES string of the molecule is Cc1ccncc1CCNS(=O)(=O)c1ccc(CC(=O)O)cc1. The molecule has 1 heterocycles. The van der Waals surface area contributed by atoms with Crippen LogP contribution in [0, 0.1) is 6.92 Å². The number of sulfonamides is 1. The number of nitrogens with zero attached hydrogens (tertiary/aromatic N) is 1. The summed E-state index contributed by atoms with van der Waals surface area (Å²) in [6.07, 6.45) is 3.84. The van der Waals surface area contributed by atoms with E-state index in [4.69, 9.17) is 5.11 Å². The second-order valence-corrected chi connectivity index (χ2v) is 6.93. The van der Waals surface area contributed by atoms with Crippen molar-refractivity contribution in [1.82, 2.24) is 9.71 Å². The first-order valence-corrected chi connectivity index (χ1v) is 8.57. The molecule has 0 saturated carbocycles. The van der Waals surface area contributed by atoms with Crippen LogP contribution in [-0.4, -0.2) is 31.0 Å². The van der Waals surface area contributed by atoms with E-state index in [1.54, 1.807) is 12.4 Å². The summed E-state index contributed by atoms with van der Waals surface area (Å²) in [4.78, 5) is 14.8. The fourth-order valence-corrected chi connectivity index (χ4v) is 3.15. The summed E-state index contributed by atoms with van der Waals surface area (Å²) < 4.78 is 26.9. The molecule has 0 fully saturated rings. The molecule has 7 heteroatoms. The van der Waals surface area contributed by atoms with Crippen LogP contribution in [0.25, 0.3) is 0 Å². The summed E-state index contributed by atoms with van der Waals surface area (Å²) in [7, 11) is -3.61. The third-order valence-corrected chi connectivity index (χ3v) is 4.90. The number of pyridine rings is 1. The Morgan fingerprint density at radius 2 is 1.91 bits per heavy atom. The van der Waals surface area contributed by atoms with Gasteiger partial charge in [-0.1, -0.05) is 12.1 Å². The molecule has 2 aromatic rings. The van der Waals surface area contributed by atoms with Crippen LogP contribution in [0.3, 0.4) is 0 Å². The van der Waals surface area contributed by atoms with E-state index < -0.39 is 16.0 Å². The molecule has 0 atom stereocenters. The number of aryl methyl sites for hydroxylation is 1. The lowest BCUT2D eigenvalue weighted by atomic mass is 10.1. The van der Waals surface area contributed by atoms with Gasteiger partial charge in [-0.3, -0.25) is 9.78 Å². The van der Waals surface area contributed by atoms with Gasteiger partial charge in [0.1, 0.15) is 0 Å². The third-order valence-electron chi connectivity index (χ3n) is 3.42. The molecule has 0 unspecified atom stereocenters. The normalized spacial score (nSPS) is 11.3. The van der Waals surface area contributed by atoms with Crippen molar-refractivity contribution in [3.8, 4) is 0 Å². The number of nitrogens with one attached hydrogen (secondary N) is 1. The highest BCUT2D eigenvalue weighted by Crippen LogP contribution is 2.11. The Labute approximate surface area is 135 Å². The molecule has 0 spiro atoms. The number of aromatic nitrogens is 1. The Hall–Kier alpha value is -2.25. The van der Waals surface area contributed by atoms with Crippen molar-refractivity contribution >= 4 is 16.0 Å². The lowest BCUT2D eigenvalue weighted by Crippen LogP contribution is -2.26. The molecule has 0 radical (unpaired) electrons. The predicted molar refractivity (Wildman–Crippen MR) is 85.6 cm³/mol. The van der Waals surface area contributed by atoms with Gasteiger partial charge in [0.25, 0.3) is 0 Å². The van der Waals surface area contributed by atoms with E-state index in [-0.39, 0.29) is 17.9 Å². The minimum absolute atomic E-state index is 0.120. The van der Waals surface area contributed by atoms with Gasteiger partial charge in [0.2, 0.25) is 10.0 Å². The highest BCUT2D eigenvalue weighted by molar-refractivity contribution is 7.89. The van der Waals surface area contributed by atoms with Crippen molar-refractivity contribution in [2.45, 2.75) is 24.7 Å². The molecule has 122 valence electrons. The summed E-state index contributed by atoms with van der Waals surface area (Å²) in [6.45, 7) is 2.22. The van der Waals surface area contributed by atoms with Crippen molar-refractivity contribution in [1.29, 1.82) is 0 Å². The fourth-order valence-electron chi connectivity index (χ4n) is 2.12. The van der Waals surface area contributed by atoms with Crippen LogP contribution in [0.15, 0.2) is 47.6 Å². The maximum atomic E-state index is 12.2. The van der Waals surface area contributed by atoms with Crippen LogP contribution in [-0.2, 0) is 27.7 Å². The first-order chi connectivity index (χ1) is 10.9. The molecule has 23 heavy (non-hydrogen) atoms. The molecule has 0 aliphatic rings. The Bertz CT molecular complexity index is 786. The number of carbonyl (C=O) groups is 1. The predicted octanol–water partition coefficient (Wildman–Crippen LogP) is 1.54. The summed E-state index contributed by atoms with van der Waals surface area (Å²) in [5.74, 6) is -0.953. The van der Waals surface area contributed by atoms with Crippen LogP contribution in [0.2, 0.25) is 0 Å². The summed E-state index contributed by atoms with van der Waals surface area (Å²) in [5.41, 5.74) is 2.62. The van der Waals surface area contributed by atoms with Crippen LogP contribution in [0.4, 0.5) is 0 Å². The second kappa shape index (κ2) is 7.34. The quantitative estimate of drug-likeness (QED) is 0.800. The Morgan fingerprint density at radius 1 is 1.22 bits per heavy atom. The van der Waals surface area contributed by atoms with Crippen molar-refractivity contribution in [3.05, 3.63) is 59.4 Å². The molecule has 6 nitrogen and oxygen atoms in total. The summed E-state index contributed by atoms with van der Waals surface area (Å²) in [6, 6.07) is 7.72. The van der Waals surface area contributed by atoms with Gasteiger partial charge < -0.3 is 5.11 Å². The highest BCUT2D eigenvalue weighted by Gasteiger charge is 2.13. The minimum atomic E-state index is -3.61. The van der Waals surface area contributed by atoms with Gasteiger partial charge in [0.05, 0.1) is 11.3 Å². The van der Waals surface area contributed by atoms with E-state index in [2.05, 4.69) is 9.71 Å². The molecule has 0 bridgehead atoms. The monoisotopic (exact) mass is 334 g/mol. The summed E-state index contributed by atoms with van der Waals surface area (Å²) in [5, 5.41) is 8.71. The van der Waals surface area contributed by atoms with Gasteiger partial charge in [0, 0.05) is 18.9 Å². The summed E-state index contributed by atoms with van der Waals surface area (Å²) >= 11 is 0. The van der Waals surface area contributed by atoms with E-state index >= 15 is 0 Å². The van der Waals surface area contributed by atoms with E-state index in [0.717, 1.165) is 11.1 Å². The molecule has 0 saturated heterocycles. The largest absolute Gasteiger partial charge is 0.481 e. The number of rotatable bonds is 7. The molecule has 1 aromatic carbocycles. The molecule has 2 rings (SSSR count). The standard InChI is InChI=1S/C16H18N2O4S/c1-12-6-8-17-11-14(12)7-9-18-23(21,22)15-4-2-13(3-5-15)10-16(19)20/h2-6,8,11,18H,7,9-10H2,1H3,(H,19,20). The average molecular weight is 334 g/mol. The van der Waals surface area contributed by atoms with Crippen molar-refractivity contribution < 1.29 is 18.3 Å². The van der Waals surface area contributed by atoms with Gasteiger partial charge in [-0.15, -0.1) is 0 Å². The smallest absolute Gasteiger partial charge is 0.307 e. The van der Waals surface area contributed by atoms with Crippen molar-refractivity contribution in [2.24, 2.45) is 0 Å². The zero-order chi connectivity index (χ0) is 16.9. The van der Waals surface area contributed by atoms with Gasteiger partial charge >= 0.3 is 5.97 Å². The van der Waals surface area contributed by atoms with Crippen LogP contribution in [0.1, 0.15) is 16.7 Å². The van der Waals surface area contributed by atoms with Gasteiger partial charge in [-0.25, -0.2) is 13.1 Å². The first-order valence-electron chi connectivity index (χ1n) is 7.08. The lowest BCUT2D eigenvalue weighted by Gasteiger charge is -2.08.